The molecule has 2 rings (SSSR count). The standard InChI is InChI=1S/C14H18N2O3S/c1-10-6-13(15)7-11(2)14(10)20(17,18)16(3)8-12-4-5-19-9-12/h4-7,9H,8,15H2,1-3H3. The summed E-state index contributed by atoms with van der Waals surface area (Å²) in [7, 11) is -2.00. The number of nitrogens with two attached hydrogens (primary N) is 1. The van der Waals surface area contributed by atoms with Gasteiger partial charge in [-0.25, -0.2) is 8.42 Å². The number of hydrogen-bond donors (Lipinski definition) is 1. The molecule has 0 saturated heterocycles. The molecule has 1 aromatic heterocycles. The summed E-state index contributed by atoms with van der Waals surface area (Å²) < 4.78 is 31.6. The molecule has 0 bridgehead atoms. The van der Waals surface area contributed by atoms with Crippen molar-refractivity contribution < 1.29 is 12.8 Å². The van der Waals surface area contributed by atoms with Crippen molar-refractivity contribution in [3.8, 4) is 0 Å². The Morgan fingerprint density at radius 1 is 1.25 bits per heavy atom. The third-order valence-electron chi connectivity index (χ3n) is 3.14. The van der Waals surface area contributed by atoms with Gasteiger partial charge in [0.2, 0.25) is 10.0 Å². The SMILES string of the molecule is Cc1cc(N)cc(C)c1S(=O)(=O)N(C)Cc1ccoc1. The first-order chi connectivity index (χ1) is 9.32. The largest absolute Gasteiger partial charge is 0.472 e. The summed E-state index contributed by atoms with van der Waals surface area (Å²) in [5.41, 5.74) is 8.42. The van der Waals surface area contributed by atoms with Crippen LogP contribution in [0.3, 0.4) is 0 Å². The zero-order valence-corrected chi connectivity index (χ0v) is 12.6. The number of aryl methyl sites for hydroxylation is 2. The highest BCUT2D eigenvalue weighted by Gasteiger charge is 2.25. The highest BCUT2D eigenvalue weighted by molar-refractivity contribution is 7.89. The number of hydrogen-bond acceptors (Lipinski definition) is 4. The van der Waals surface area contributed by atoms with Crippen LogP contribution in [0.4, 0.5) is 5.69 Å². The van der Waals surface area contributed by atoms with Crippen LogP contribution >= 0.6 is 0 Å². The van der Waals surface area contributed by atoms with Crippen molar-refractivity contribution in [3.63, 3.8) is 0 Å². The lowest BCUT2D eigenvalue weighted by Gasteiger charge is -2.19. The van der Waals surface area contributed by atoms with Crippen molar-refractivity contribution in [1.82, 2.24) is 4.31 Å². The lowest BCUT2D eigenvalue weighted by molar-refractivity contribution is 0.462. The minimum absolute atomic E-state index is 0.266. The van der Waals surface area contributed by atoms with Crippen molar-refractivity contribution in [2.24, 2.45) is 0 Å². The zero-order valence-electron chi connectivity index (χ0n) is 11.8. The molecule has 0 fully saturated rings. The number of furan rings is 1. The van der Waals surface area contributed by atoms with Crippen molar-refractivity contribution in [2.75, 3.05) is 12.8 Å². The molecule has 6 heteroatoms. The lowest BCUT2D eigenvalue weighted by Crippen LogP contribution is -2.27. The van der Waals surface area contributed by atoms with Gasteiger partial charge in [0, 0.05) is 24.8 Å². The van der Waals surface area contributed by atoms with Gasteiger partial charge in [0.1, 0.15) is 0 Å². The first-order valence-corrected chi connectivity index (χ1v) is 7.60. The summed E-state index contributed by atoms with van der Waals surface area (Å²) in [5.74, 6) is 0. The van der Waals surface area contributed by atoms with E-state index >= 15 is 0 Å². The topological polar surface area (TPSA) is 76.5 Å². The average molecular weight is 294 g/mol. The first-order valence-electron chi connectivity index (χ1n) is 6.16. The molecule has 0 aliphatic carbocycles. The Morgan fingerprint density at radius 2 is 1.85 bits per heavy atom. The molecule has 2 aromatic rings. The molecule has 0 atom stereocenters. The Morgan fingerprint density at radius 3 is 2.35 bits per heavy atom. The van der Waals surface area contributed by atoms with Crippen LogP contribution in [0.25, 0.3) is 0 Å². The van der Waals surface area contributed by atoms with Gasteiger partial charge in [0.05, 0.1) is 17.4 Å². The molecule has 0 aliphatic rings. The van der Waals surface area contributed by atoms with Gasteiger partial charge in [-0.2, -0.15) is 4.31 Å². The van der Waals surface area contributed by atoms with E-state index in [9.17, 15) is 8.42 Å². The van der Waals surface area contributed by atoms with Crippen LogP contribution in [0.1, 0.15) is 16.7 Å². The Hall–Kier alpha value is -1.79. The van der Waals surface area contributed by atoms with Crippen molar-refractivity contribution in [2.45, 2.75) is 25.3 Å². The van der Waals surface area contributed by atoms with E-state index < -0.39 is 10.0 Å². The Bertz CT molecular complexity index is 683. The molecular formula is C14H18N2O3S. The van der Waals surface area contributed by atoms with Crippen LogP contribution in [-0.2, 0) is 16.6 Å². The second kappa shape index (κ2) is 5.30. The molecule has 20 heavy (non-hydrogen) atoms. The maximum atomic E-state index is 12.7. The van der Waals surface area contributed by atoms with Gasteiger partial charge in [-0.3, -0.25) is 0 Å². The Balaban J connectivity index is 2.40. The van der Waals surface area contributed by atoms with Gasteiger partial charge >= 0.3 is 0 Å². The maximum Gasteiger partial charge on any atom is 0.243 e. The number of nitrogens with zero attached hydrogens (tertiary/aromatic N) is 1. The van der Waals surface area contributed by atoms with Crippen LogP contribution in [0.15, 0.2) is 40.0 Å². The second-order valence-electron chi connectivity index (χ2n) is 4.88. The number of anilines is 1. The predicted octanol–water partition coefficient (Wildman–Crippen LogP) is 2.30. The summed E-state index contributed by atoms with van der Waals surface area (Å²) in [6, 6.07) is 5.09. The van der Waals surface area contributed by atoms with Crippen molar-refractivity contribution in [1.29, 1.82) is 0 Å². The first kappa shape index (κ1) is 14.6. The quantitative estimate of drug-likeness (QED) is 0.878. The maximum absolute atomic E-state index is 12.7. The molecule has 1 heterocycles. The highest BCUT2D eigenvalue weighted by atomic mass is 32.2. The summed E-state index contributed by atoms with van der Waals surface area (Å²) in [5, 5.41) is 0. The van der Waals surface area contributed by atoms with Gasteiger partial charge < -0.3 is 10.2 Å². The van der Waals surface area contributed by atoms with Crippen molar-refractivity contribution in [3.05, 3.63) is 47.4 Å². The fourth-order valence-corrected chi connectivity index (χ4v) is 3.83. The zero-order chi connectivity index (χ0) is 14.9. The molecule has 0 aliphatic heterocycles. The van der Waals surface area contributed by atoms with Crippen LogP contribution < -0.4 is 5.73 Å². The van der Waals surface area contributed by atoms with E-state index in [0.717, 1.165) is 5.56 Å². The lowest BCUT2D eigenvalue weighted by atomic mass is 10.1. The van der Waals surface area contributed by atoms with E-state index in [-0.39, 0.29) is 6.54 Å². The molecule has 0 spiro atoms. The van der Waals surface area contributed by atoms with E-state index in [4.69, 9.17) is 10.2 Å². The van der Waals surface area contributed by atoms with Gasteiger partial charge in [0.25, 0.3) is 0 Å². The predicted molar refractivity (Wildman–Crippen MR) is 77.7 cm³/mol. The molecule has 0 saturated carbocycles. The van der Waals surface area contributed by atoms with E-state index in [1.54, 1.807) is 39.1 Å². The minimum Gasteiger partial charge on any atom is -0.472 e. The number of benzene rings is 1. The number of nitrogen functional groups attached to an aromatic ring is 1. The summed E-state index contributed by atoms with van der Waals surface area (Å²) in [4.78, 5) is 0.317. The van der Waals surface area contributed by atoms with Crippen LogP contribution in [0, 0.1) is 13.8 Å². The highest BCUT2D eigenvalue weighted by Crippen LogP contribution is 2.26. The van der Waals surface area contributed by atoms with E-state index in [0.29, 0.717) is 21.7 Å². The van der Waals surface area contributed by atoms with E-state index in [1.165, 1.54) is 16.8 Å². The van der Waals surface area contributed by atoms with Gasteiger partial charge in [-0.15, -0.1) is 0 Å². The monoisotopic (exact) mass is 294 g/mol. The van der Waals surface area contributed by atoms with Gasteiger partial charge in [-0.05, 0) is 43.2 Å². The molecule has 108 valence electrons. The molecular weight excluding hydrogens is 276 g/mol. The van der Waals surface area contributed by atoms with Crippen LogP contribution in [0.2, 0.25) is 0 Å². The Kier molecular flexibility index (Phi) is 3.87. The number of sulfonamides is 1. The van der Waals surface area contributed by atoms with Crippen LogP contribution in [0.5, 0.6) is 0 Å². The molecule has 5 nitrogen and oxygen atoms in total. The van der Waals surface area contributed by atoms with Gasteiger partial charge in [-0.1, -0.05) is 0 Å². The third-order valence-corrected chi connectivity index (χ3v) is 5.25. The molecule has 1 aromatic carbocycles. The fraction of sp³-hybridized carbons (Fsp3) is 0.286. The molecule has 2 N–H and O–H groups in total. The fourth-order valence-electron chi connectivity index (χ4n) is 2.27. The van der Waals surface area contributed by atoms with E-state index in [2.05, 4.69) is 0 Å². The van der Waals surface area contributed by atoms with Crippen molar-refractivity contribution >= 4 is 15.7 Å². The van der Waals surface area contributed by atoms with Crippen LogP contribution in [-0.4, -0.2) is 19.8 Å². The molecule has 0 amide bonds. The minimum atomic E-state index is -3.56. The van der Waals surface area contributed by atoms with E-state index in [1.807, 2.05) is 0 Å². The van der Waals surface area contributed by atoms with Gasteiger partial charge in [0.15, 0.2) is 0 Å². The normalized spacial score (nSPS) is 12.0. The second-order valence-corrected chi connectivity index (χ2v) is 6.86. The summed E-state index contributed by atoms with van der Waals surface area (Å²) in [6.45, 7) is 3.77. The summed E-state index contributed by atoms with van der Waals surface area (Å²) in [6.07, 6.45) is 3.06. The third kappa shape index (κ3) is 2.71. The summed E-state index contributed by atoms with van der Waals surface area (Å²) >= 11 is 0. The smallest absolute Gasteiger partial charge is 0.243 e. The average Bonchev–Trinajstić information content (AvgIpc) is 2.79. The Labute approximate surface area is 119 Å². The molecule has 0 unspecified atom stereocenters. The number of rotatable bonds is 4. The molecule has 0 radical (unpaired) electrons.